The van der Waals surface area contributed by atoms with Crippen LogP contribution < -0.4 is 11.0 Å². The highest BCUT2D eigenvalue weighted by atomic mass is 32.1. The SMILES string of the molecule is Cc1sc2ncn(CC(=O)NN=Cc3ccc(C(C)(C)C)cc3)c(=O)c2c1-c1ccccc1. The van der Waals surface area contributed by atoms with Crippen molar-refractivity contribution in [2.75, 3.05) is 0 Å². The number of thiophene rings is 1. The van der Waals surface area contributed by atoms with Gasteiger partial charge >= 0.3 is 0 Å². The number of nitrogens with one attached hydrogen (secondary N) is 1. The molecule has 0 aliphatic rings. The topological polar surface area (TPSA) is 76.3 Å². The predicted molar refractivity (Wildman–Crippen MR) is 135 cm³/mol. The molecule has 1 N–H and O–H groups in total. The second kappa shape index (κ2) is 9.11. The summed E-state index contributed by atoms with van der Waals surface area (Å²) in [5, 5.41) is 4.58. The molecule has 1 amide bonds. The third-order valence-electron chi connectivity index (χ3n) is 5.41. The number of carbonyl (C=O) groups excluding carboxylic acids is 1. The summed E-state index contributed by atoms with van der Waals surface area (Å²) in [4.78, 5) is 31.7. The minimum Gasteiger partial charge on any atom is -0.289 e. The molecule has 0 unspecified atom stereocenters. The van der Waals surface area contributed by atoms with E-state index in [2.05, 4.69) is 48.4 Å². The van der Waals surface area contributed by atoms with Crippen molar-refractivity contribution in [3.63, 3.8) is 0 Å². The Hall–Kier alpha value is -3.58. The number of amides is 1. The zero-order valence-electron chi connectivity index (χ0n) is 19.1. The Kier molecular flexibility index (Phi) is 6.24. The molecule has 0 atom stereocenters. The highest BCUT2D eigenvalue weighted by molar-refractivity contribution is 7.19. The van der Waals surface area contributed by atoms with Crippen LogP contribution in [0.2, 0.25) is 0 Å². The van der Waals surface area contributed by atoms with Gasteiger partial charge in [-0.3, -0.25) is 14.2 Å². The number of hydrogen-bond acceptors (Lipinski definition) is 5. The predicted octanol–water partition coefficient (Wildman–Crippen LogP) is 4.88. The van der Waals surface area contributed by atoms with E-state index in [1.165, 1.54) is 27.8 Å². The number of aromatic nitrogens is 2. The van der Waals surface area contributed by atoms with Crippen molar-refractivity contribution >= 4 is 33.7 Å². The summed E-state index contributed by atoms with van der Waals surface area (Å²) in [5.74, 6) is -0.394. The van der Waals surface area contributed by atoms with Crippen molar-refractivity contribution in [1.82, 2.24) is 15.0 Å². The van der Waals surface area contributed by atoms with Gasteiger partial charge in [0.05, 0.1) is 17.9 Å². The first-order valence-electron chi connectivity index (χ1n) is 10.7. The van der Waals surface area contributed by atoms with Crippen LogP contribution in [0.3, 0.4) is 0 Å². The lowest BCUT2D eigenvalue weighted by molar-refractivity contribution is -0.121. The lowest BCUT2D eigenvalue weighted by atomic mass is 9.87. The van der Waals surface area contributed by atoms with Crippen LogP contribution in [0.15, 0.2) is 70.8 Å². The molecule has 4 aromatic rings. The molecule has 6 nitrogen and oxygen atoms in total. The summed E-state index contributed by atoms with van der Waals surface area (Å²) in [5.41, 5.74) is 6.28. The quantitative estimate of drug-likeness (QED) is 0.342. The van der Waals surface area contributed by atoms with E-state index in [4.69, 9.17) is 0 Å². The van der Waals surface area contributed by atoms with Crippen molar-refractivity contribution in [1.29, 1.82) is 0 Å². The number of hydrogen-bond donors (Lipinski definition) is 1. The van der Waals surface area contributed by atoms with Crippen LogP contribution in [0.1, 0.15) is 36.8 Å². The molecular formula is C26H26N4O2S. The molecule has 0 aliphatic carbocycles. The van der Waals surface area contributed by atoms with Gasteiger partial charge in [0.25, 0.3) is 11.5 Å². The average Bonchev–Trinajstić information content (AvgIpc) is 3.13. The first-order valence-corrected chi connectivity index (χ1v) is 11.5. The second-order valence-corrected chi connectivity index (χ2v) is 10.1. The van der Waals surface area contributed by atoms with Crippen LogP contribution in [0.5, 0.6) is 0 Å². The largest absolute Gasteiger partial charge is 0.289 e. The molecule has 0 aliphatic heterocycles. The van der Waals surface area contributed by atoms with Crippen LogP contribution in [-0.2, 0) is 16.8 Å². The summed E-state index contributed by atoms with van der Waals surface area (Å²) >= 11 is 1.48. The standard InChI is InChI=1S/C26H26N4O2S/c1-17-22(19-8-6-5-7-9-19)23-24(33-17)27-16-30(25(23)32)15-21(31)29-28-14-18-10-12-20(13-11-18)26(2,3)4/h5-14,16H,15H2,1-4H3,(H,29,31). The second-order valence-electron chi connectivity index (χ2n) is 8.92. The molecule has 4 rings (SSSR count). The van der Waals surface area contributed by atoms with Crippen LogP contribution in [0, 0.1) is 6.92 Å². The number of hydrazone groups is 1. The average molecular weight is 459 g/mol. The lowest BCUT2D eigenvalue weighted by Gasteiger charge is -2.18. The monoisotopic (exact) mass is 458 g/mol. The molecule has 0 bridgehead atoms. The van der Waals surface area contributed by atoms with E-state index in [9.17, 15) is 9.59 Å². The Labute approximate surface area is 196 Å². The zero-order chi connectivity index (χ0) is 23.6. The first-order chi connectivity index (χ1) is 15.7. The minimum atomic E-state index is -0.394. The molecule has 168 valence electrons. The summed E-state index contributed by atoms with van der Waals surface area (Å²) < 4.78 is 1.32. The van der Waals surface area contributed by atoms with Gasteiger partial charge in [-0.25, -0.2) is 10.4 Å². The summed E-state index contributed by atoms with van der Waals surface area (Å²) in [7, 11) is 0. The Bertz CT molecular complexity index is 1380. The van der Waals surface area contributed by atoms with Crippen LogP contribution >= 0.6 is 11.3 Å². The van der Waals surface area contributed by atoms with Gasteiger partial charge in [0.15, 0.2) is 0 Å². The normalized spacial score (nSPS) is 11.9. The van der Waals surface area contributed by atoms with Gasteiger partial charge in [-0.1, -0.05) is 75.4 Å². The Morgan fingerprint density at radius 3 is 2.48 bits per heavy atom. The lowest BCUT2D eigenvalue weighted by Crippen LogP contribution is -2.30. The van der Waals surface area contributed by atoms with E-state index in [1.54, 1.807) is 6.21 Å². The molecule has 0 fully saturated rings. The minimum absolute atomic E-state index is 0.0770. The maximum Gasteiger partial charge on any atom is 0.263 e. The third kappa shape index (κ3) is 4.93. The molecule has 0 saturated heterocycles. The van der Waals surface area contributed by atoms with Gasteiger partial charge in [0.2, 0.25) is 0 Å². The molecule has 0 spiro atoms. The van der Waals surface area contributed by atoms with Gasteiger partial charge in [0, 0.05) is 10.4 Å². The van der Waals surface area contributed by atoms with Crippen LogP contribution in [0.25, 0.3) is 21.3 Å². The smallest absolute Gasteiger partial charge is 0.263 e. The number of rotatable bonds is 5. The van der Waals surface area contributed by atoms with Gasteiger partial charge in [-0.2, -0.15) is 5.10 Å². The van der Waals surface area contributed by atoms with E-state index in [-0.39, 0.29) is 17.5 Å². The van der Waals surface area contributed by atoms with Crippen LogP contribution in [-0.4, -0.2) is 21.7 Å². The fraction of sp³-hybridized carbons (Fsp3) is 0.231. The van der Waals surface area contributed by atoms with Crippen molar-refractivity contribution in [2.24, 2.45) is 5.10 Å². The maximum atomic E-state index is 13.2. The van der Waals surface area contributed by atoms with Crippen molar-refractivity contribution in [3.05, 3.63) is 87.3 Å². The third-order valence-corrected chi connectivity index (χ3v) is 6.42. The van der Waals surface area contributed by atoms with Gasteiger partial charge in [-0.05, 0) is 29.0 Å². The highest BCUT2D eigenvalue weighted by Gasteiger charge is 2.17. The molecule has 33 heavy (non-hydrogen) atoms. The van der Waals surface area contributed by atoms with E-state index in [0.717, 1.165) is 21.6 Å². The summed E-state index contributed by atoms with van der Waals surface area (Å²) in [6, 6.07) is 17.8. The summed E-state index contributed by atoms with van der Waals surface area (Å²) in [6.45, 7) is 8.29. The molecule has 0 radical (unpaired) electrons. The molecule has 2 aromatic heterocycles. The fourth-order valence-electron chi connectivity index (χ4n) is 3.64. The molecule has 7 heteroatoms. The van der Waals surface area contributed by atoms with Crippen molar-refractivity contribution in [2.45, 2.75) is 39.7 Å². The van der Waals surface area contributed by atoms with E-state index in [1.807, 2.05) is 49.4 Å². The Morgan fingerprint density at radius 2 is 1.82 bits per heavy atom. The van der Waals surface area contributed by atoms with Gasteiger partial charge in [-0.15, -0.1) is 11.3 Å². The van der Waals surface area contributed by atoms with Gasteiger partial charge in [0.1, 0.15) is 11.4 Å². The number of aryl methyl sites for hydroxylation is 1. The van der Waals surface area contributed by atoms with E-state index in [0.29, 0.717) is 10.2 Å². The number of fused-ring (bicyclic) bond motifs is 1. The van der Waals surface area contributed by atoms with E-state index >= 15 is 0 Å². The first kappa shape index (κ1) is 22.6. The van der Waals surface area contributed by atoms with Crippen molar-refractivity contribution in [3.8, 4) is 11.1 Å². The summed E-state index contributed by atoms with van der Waals surface area (Å²) in [6.07, 6.45) is 3.01. The molecule has 2 heterocycles. The van der Waals surface area contributed by atoms with E-state index < -0.39 is 5.91 Å². The van der Waals surface area contributed by atoms with Crippen molar-refractivity contribution < 1.29 is 4.79 Å². The number of nitrogens with zero attached hydrogens (tertiary/aromatic N) is 3. The molecule has 2 aromatic carbocycles. The van der Waals surface area contributed by atoms with Crippen LogP contribution in [0.4, 0.5) is 0 Å². The number of benzene rings is 2. The number of carbonyl (C=O) groups is 1. The maximum absolute atomic E-state index is 13.2. The Balaban J connectivity index is 1.51. The molecular weight excluding hydrogens is 432 g/mol. The highest BCUT2D eigenvalue weighted by Crippen LogP contribution is 2.35. The zero-order valence-corrected chi connectivity index (χ0v) is 19.9. The van der Waals surface area contributed by atoms with Gasteiger partial charge < -0.3 is 0 Å². The fourth-order valence-corrected chi connectivity index (χ4v) is 4.64. The Morgan fingerprint density at radius 1 is 1.12 bits per heavy atom. The molecule has 0 saturated carbocycles.